The van der Waals surface area contributed by atoms with Crippen LogP contribution in [0.5, 0.6) is 0 Å². The number of rotatable bonds is 3. The number of hydrogen-bond acceptors (Lipinski definition) is 2. The average Bonchev–Trinajstić information content (AvgIpc) is 2.84. The van der Waals surface area contributed by atoms with E-state index in [1.54, 1.807) is 6.08 Å². The Bertz CT molecular complexity index is 356. The van der Waals surface area contributed by atoms with Gasteiger partial charge in [0.25, 0.3) is 0 Å². The predicted molar refractivity (Wildman–Crippen MR) is 68.6 cm³/mol. The molecule has 0 aromatic rings. The Morgan fingerprint density at radius 1 is 1.29 bits per heavy atom. The second kappa shape index (κ2) is 3.86. The Morgan fingerprint density at radius 3 is 2.59 bits per heavy atom. The number of hydrogen-bond donors (Lipinski definition) is 0. The van der Waals surface area contributed by atoms with Crippen LogP contribution in [-0.4, -0.2) is 12.6 Å². The fraction of sp³-hybridized carbons (Fsp3) is 0.800. The normalized spacial score (nSPS) is 38.8. The summed E-state index contributed by atoms with van der Waals surface area (Å²) in [4.78, 5) is 11.5. The number of carbonyl (C=O) groups is 1. The molecule has 0 bridgehead atoms. The number of allylic oxidation sites excluding steroid dienone is 1. The first-order valence-electron chi connectivity index (χ1n) is 6.73. The third-order valence-electron chi connectivity index (χ3n) is 5.15. The van der Waals surface area contributed by atoms with E-state index in [2.05, 4.69) is 26.8 Å². The Hall–Kier alpha value is -0.790. The highest BCUT2D eigenvalue weighted by Crippen LogP contribution is 2.78. The summed E-state index contributed by atoms with van der Waals surface area (Å²) >= 11 is 0. The van der Waals surface area contributed by atoms with Crippen LogP contribution >= 0.6 is 0 Å². The number of esters is 1. The predicted octanol–water partition coefficient (Wildman–Crippen LogP) is 3.71. The van der Waals surface area contributed by atoms with Crippen molar-refractivity contribution in [2.45, 2.75) is 53.4 Å². The zero-order valence-corrected chi connectivity index (χ0v) is 11.5. The first kappa shape index (κ1) is 12.7. The SMILES string of the molecule is CCOC(=O)/C=C/C12CC1(C)CCCC2(C)C. The van der Waals surface area contributed by atoms with E-state index >= 15 is 0 Å². The van der Waals surface area contributed by atoms with Crippen molar-refractivity contribution in [1.29, 1.82) is 0 Å². The molecule has 2 unspecified atom stereocenters. The minimum Gasteiger partial charge on any atom is -0.463 e. The van der Waals surface area contributed by atoms with Gasteiger partial charge in [0, 0.05) is 6.08 Å². The quantitative estimate of drug-likeness (QED) is 0.551. The second-order valence-corrected chi connectivity index (χ2v) is 6.53. The highest BCUT2D eigenvalue weighted by atomic mass is 16.5. The Morgan fingerprint density at radius 2 is 2.00 bits per heavy atom. The lowest BCUT2D eigenvalue weighted by molar-refractivity contribution is -0.137. The molecule has 0 heterocycles. The Balaban J connectivity index is 2.16. The van der Waals surface area contributed by atoms with Crippen molar-refractivity contribution in [1.82, 2.24) is 0 Å². The van der Waals surface area contributed by atoms with Crippen molar-refractivity contribution < 1.29 is 9.53 Å². The standard InChI is InChI=1S/C15H24O2/c1-5-17-12(16)7-10-15-11-14(15,4)9-6-8-13(15,2)3/h7,10H,5-6,8-9,11H2,1-4H3/b10-7+. The molecule has 0 aromatic carbocycles. The summed E-state index contributed by atoms with van der Waals surface area (Å²) in [5.41, 5.74) is 0.950. The van der Waals surface area contributed by atoms with Crippen LogP contribution in [0.2, 0.25) is 0 Å². The van der Waals surface area contributed by atoms with Gasteiger partial charge in [-0.25, -0.2) is 4.79 Å². The highest BCUT2D eigenvalue weighted by Gasteiger charge is 2.70. The molecule has 0 radical (unpaired) electrons. The van der Waals surface area contributed by atoms with Crippen molar-refractivity contribution >= 4 is 5.97 Å². The molecule has 17 heavy (non-hydrogen) atoms. The van der Waals surface area contributed by atoms with Crippen LogP contribution in [0.4, 0.5) is 0 Å². The average molecular weight is 236 g/mol. The number of fused-ring (bicyclic) bond motifs is 1. The van der Waals surface area contributed by atoms with Crippen molar-refractivity contribution in [2.24, 2.45) is 16.2 Å². The second-order valence-electron chi connectivity index (χ2n) is 6.53. The Labute approximate surface area is 104 Å². The summed E-state index contributed by atoms with van der Waals surface area (Å²) in [6, 6.07) is 0. The van der Waals surface area contributed by atoms with E-state index in [0.717, 1.165) is 0 Å². The zero-order chi connectivity index (χ0) is 12.7. The molecule has 2 atom stereocenters. The Kier molecular flexibility index (Phi) is 2.87. The summed E-state index contributed by atoms with van der Waals surface area (Å²) in [7, 11) is 0. The lowest BCUT2D eigenvalue weighted by Crippen LogP contribution is -2.33. The van der Waals surface area contributed by atoms with Crippen molar-refractivity contribution in [3.63, 3.8) is 0 Å². The van der Waals surface area contributed by atoms with Crippen LogP contribution in [0.1, 0.15) is 53.4 Å². The zero-order valence-electron chi connectivity index (χ0n) is 11.5. The molecule has 2 heteroatoms. The summed E-state index contributed by atoms with van der Waals surface area (Å²) in [6.45, 7) is 9.34. The first-order chi connectivity index (χ1) is 7.87. The molecule has 0 amide bonds. The fourth-order valence-electron chi connectivity index (χ4n) is 3.97. The molecular weight excluding hydrogens is 212 g/mol. The van der Waals surface area contributed by atoms with Crippen LogP contribution in [0.3, 0.4) is 0 Å². The van der Waals surface area contributed by atoms with Gasteiger partial charge in [0.1, 0.15) is 0 Å². The van der Waals surface area contributed by atoms with E-state index < -0.39 is 0 Å². The maximum absolute atomic E-state index is 11.5. The van der Waals surface area contributed by atoms with Crippen LogP contribution in [0, 0.1) is 16.2 Å². The summed E-state index contributed by atoms with van der Waals surface area (Å²) < 4.78 is 4.97. The number of ether oxygens (including phenoxy) is 1. The van der Waals surface area contributed by atoms with E-state index in [0.29, 0.717) is 17.4 Å². The maximum Gasteiger partial charge on any atom is 0.330 e. The molecule has 2 aliphatic rings. The van der Waals surface area contributed by atoms with Gasteiger partial charge in [0.2, 0.25) is 0 Å². The molecule has 2 saturated carbocycles. The molecule has 96 valence electrons. The van der Waals surface area contributed by atoms with Crippen molar-refractivity contribution in [3.8, 4) is 0 Å². The first-order valence-corrected chi connectivity index (χ1v) is 6.73. The number of carbonyl (C=O) groups excluding carboxylic acids is 1. The lowest BCUT2D eigenvalue weighted by atomic mass is 9.63. The lowest BCUT2D eigenvalue weighted by Gasteiger charge is -2.41. The van der Waals surface area contributed by atoms with Gasteiger partial charge in [-0.05, 0) is 42.4 Å². The van der Waals surface area contributed by atoms with Gasteiger partial charge in [-0.1, -0.05) is 33.3 Å². The van der Waals surface area contributed by atoms with Crippen LogP contribution < -0.4 is 0 Å². The van der Waals surface area contributed by atoms with E-state index in [1.165, 1.54) is 25.7 Å². The van der Waals surface area contributed by atoms with Crippen LogP contribution in [-0.2, 0) is 9.53 Å². The van der Waals surface area contributed by atoms with Gasteiger partial charge >= 0.3 is 5.97 Å². The molecule has 2 rings (SSSR count). The molecule has 2 fully saturated rings. The van der Waals surface area contributed by atoms with E-state index in [4.69, 9.17) is 4.74 Å². The third kappa shape index (κ3) is 1.82. The summed E-state index contributed by atoms with van der Waals surface area (Å²) in [5.74, 6) is -0.197. The van der Waals surface area contributed by atoms with Gasteiger partial charge in [-0.15, -0.1) is 0 Å². The minimum absolute atomic E-state index is 0.197. The molecule has 0 N–H and O–H groups in total. The van der Waals surface area contributed by atoms with E-state index in [1.807, 2.05) is 6.92 Å². The maximum atomic E-state index is 11.5. The van der Waals surface area contributed by atoms with Crippen LogP contribution in [0.25, 0.3) is 0 Å². The molecule has 0 saturated heterocycles. The molecule has 0 aliphatic heterocycles. The molecule has 2 nitrogen and oxygen atoms in total. The molecule has 0 spiro atoms. The van der Waals surface area contributed by atoms with E-state index in [9.17, 15) is 4.79 Å². The summed E-state index contributed by atoms with van der Waals surface area (Å²) in [5, 5.41) is 0. The van der Waals surface area contributed by atoms with E-state index in [-0.39, 0.29) is 11.4 Å². The smallest absolute Gasteiger partial charge is 0.330 e. The third-order valence-corrected chi connectivity index (χ3v) is 5.15. The van der Waals surface area contributed by atoms with Gasteiger partial charge in [0.05, 0.1) is 6.61 Å². The van der Waals surface area contributed by atoms with Crippen molar-refractivity contribution in [2.75, 3.05) is 6.61 Å². The van der Waals surface area contributed by atoms with Gasteiger partial charge in [-0.2, -0.15) is 0 Å². The summed E-state index contributed by atoms with van der Waals surface area (Å²) in [6.07, 6.45) is 8.90. The molecule has 0 aromatic heterocycles. The van der Waals surface area contributed by atoms with Gasteiger partial charge < -0.3 is 4.74 Å². The monoisotopic (exact) mass is 236 g/mol. The van der Waals surface area contributed by atoms with Gasteiger partial charge in [0.15, 0.2) is 0 Å². The molecule has 2 aliphatic carbocycles. The largest absolute Gasteiger partial charge is 0.463 e. The molecular formula is C15H24O2. The highest BCUT2D eigenvalue weighted by molar-refractivity contribution is 5.82. The van der Waals surface area contributed by atoms with Crippen molar-refractivity contribution in [3.05, 3.63) is 12.2 Å². The van der Waals surface area contributed by atoms with Crippen LogP contribution in [0.15, 0.2) is 12.2 Å². The fourth-order valence-corrected chi connectivity index (χ4v) is 3.97. The topological polar surface area (TPSA) is 26.3 Å². The minimum atomic E-state index is -0.197. The van der Waals surface area contributed by atoms with Gasteiger partial charge in [-0.3, -0.25) is 0 Å².